The Bertz CT molecular complexity index is 775. The van der Waals surface area contributed by atoms with Gasteiger partial charge in [-0.15, -0.1) is 0 Å². The lowest BCUT2D eigenvalue weighted by Gasteiger charge is -2.37. The summed E-state index contributed by atoms with van der Waals surface area (Å²) in [6.07, 6.45) is 6.13. The van der Waals surface area contributed by atoms with Gasteiger partial charge in [0.25, 0.3) is 0 Å². The average molecular weight is 366 g/mol. The highest BCUT2D eigenvalue weighted by molar-refractivity contribution is 5.74. The lowest BCUT2D eigenvalue weighted by molar-refractivity contribution is 0.179. The largest absolute Gasteiger partial charge is 0.352 e. The molecule has 2 amide bonds. The summed E-state index contributed by atoms with van der Waals surface area (Å²) < 4.78 is 0. The van der Waals surface area contributed by atoms with Crippen LogP contribution in [-0.4, -0.2) is 71.6 Å². The Morgan fingerprint density at radius 1 is 1.15 bits per heavy atom. The van der Waals surface area contributed by atoms with Gasteiger partial charge in [0.2, 0.25) is 0 Å². The summed E-state index contributed by atoms with van der Waals surface area (Å²) >= 11 is 0. The van der Waals surface area contributed by atoms with Crippen molar-refractivity contribution in [2.24, 2.45) is 0 Å². The molecule has 0 spiro atoms. The third kappa shape index (κ3) is 4.03. The molecular formula is C20H26N6O. The molecule has 0 bridgehead atoms. The zero-order valence-corrected chi connectivity index (χ0v) is 15.7. The molecule has 4 rings (SSSR count). The number of nitrogens with zero attached hydrogens (tertiary/aromatic N) is 5. The zero-order valence-electron chi connectivity index (χ0n) is 15.7. The number of anilines is 1. The van der Waals surface area contributed by atoms with Crippen LogP contribution in [0.15, 0.2) is 42.9 Å². The molecule has 7 nitrogen and oxygen atoms in total. The fourth-order valence-corrected chi connectivity index (χ4v) is 3.86. The number of benzene rings is 1. The number of carbonyl (C=O) groups excluding carboxylic acids is 1. The number of fused-ring (bicyclic) bond motifs is 1. The van der Waals surface area contributed by atoms with Crippen molar-refractivity contribution in [3.05, 3.63) is 54.0 Å². The van der Waals surface area contributed by atoms with E-state index in [0.717, 1.165) is 31.9 Å². The number of rotatable bonds is 3. The van der Waals surface area contributed by atoms with Crippen molar-refractivity contribution in [1.82, 2.24) is 25.1 Å². The Hall–Kier alpha value is -2.67. The van der Waals surface area contributed by atoms with Crippen molar-refractivity contribution >= 4 is 11.8 Å². The van der Waals surface area contributed by atoms with E-state index < -0.39 is 0 Å². The topological polar surface area (TPSA) is 64.6 Å². The summed E-state index contributed by atoms with van der Waals surface area (Å²) in [6, 6.07) is 8.94. The summed E-state index contributed by atoms with van der Waals surface area (Å²) in [6.45, 7) is 4.57. The van der Waals surface area contributed by atoms with Crippen LogP contribution in [0.4, 0.5) is 10.6 Å². The monoisotopic (exact) mass is 366 g/mol. The van der Waals surface area contributed by atoms with Crippen molar-refractivity contribution in [1.29, 1.82) is 0 Å². The molecule has 0 aliphatic carbocycles. The van der Waals surface area contributed by atoms with Crippen molar-refractivity contribution in [2.45, 2.75) is 19.0 Å². The number of carbonyl (C=O) groups is 1. The Balaban J connectivity index is 1.27. The maximum atomic E-state index is 12.6. The number of piperazine rings is 1. The smallest absolute Gasteiger partial charge is 0.317 e. The second-order valence-corrected chi connectivity index (χ2v) is 7.27. The van der Waals surface area contributed by atoms with Crippen molar-refractivity contribution in [3.63, 3.8) is 0 Å². The SMILES string of the molecule is CN1Cc2ccccc2CC1CNC(=O)N1CCN(c2cnccn2)CC1. The molecule has 1 aromatic carbocycles. The Morgan fingerprint density at radius 2 is 1.93 bits per heavy atom. The maximum absolute atomic E-state index is 12.6. The third-order valence-electron chi connectivity index (χ3n) is 5.55. The predicted octanol–water partition coefficient (Wildman–Crippen LogP) is 1.36. The van der Waals surface area contributed by atoms with E-state index in [1.807, 2.05) is 4.90 Å². The highest BCUT2D eigenvalue weighted by Gasteiger charge is 2.26. The molecule has 1 unspecified atom stereocenters. The van der Waals surface area contributed by atoms with E-state index in [1.54, 1.807) is 18.6 Å². The molecule has 2 aliphatic heterocycles. The van der Waals surface area contributed by atoms with Crippen LogP contribution in [0.1, 0.15) is 11.1 Å². The van der Waals surface area contributed by atoms with Crippen LogP contribution in [0.3, 0.4) is 0 Å². The van der Waals surface area contributed by atoms with Crippen molar-refractivity contribution in [3.8, 4) is 0 Å². The molecule has 1 aromatic heterocycles. The van der Waals surface area contributed by atoms with Crippen LogP contribution in [-0.2, 0) is 13.0 Å². The molecule has 7 heteroatoms. The summed E-state index contributed by atoms with van der Waals surface area (Å²) in [5, 5.41) is 3.14. The fraction of sp³-hybridized carbons (Fsp3) is 0.450. The zero-order chi connectivity index (χ0) is 18.6. The first-order valence-corrected chi connectivity index (χ1v) is 9.51. The first kappa shape index (κ1) is 17.7. The lowest BCUT2D eigenvalue weighted by Crippen LogP contribution is -2.54. The first-order chi connectivity index (χ1) is 13.2. The molecule has 1 atom stereocenters. The van der Waals surface area contributed by atoms with Crippen LogP contribution in [0.25, 0.3) is 0 Å². The van der Waals surface area contributed by atoms with Gasteiger partial charge in [0.1, 0.15) is 5.82 Å². The fourth-order valence-electron chi connectivity index (χ4n) is 3.86. The Kier molecular flexibility index (Phi) is 5.20. The highest BCUT2D eigenvalue weighted by Crippen LogP contribution is 2.21. The number of nitrogens with one attached hydrogen (secondary N) is 1. The molecule has 3 heterocycles. The summed E-state index contributed by atoms with van der Waals surface area (Å²) in [4.78, 5) is 27.4. The van der Waals surface area contributed by atoms with E-state index in [0.29, 0.717) is 25.7 Å². The van der Waals surface area contributed by atoms with Gasteiger partial charge < -0.3 is 15.1 Å². The van der Waals surface area contributed by atoms with Gasteiger partial charge in [-0.2, -0.15) is 0 Å². The van der Waals surface area contributed by atoms with E-state index in [4.69, 9.17) is 0 Å². The van der Waals surface area contributed by atoms with Gasteiger partial charge in [-0.05, 0) is 24.6 Å². The van der Waals surface area contributed by atoms with Gasteiger partial charge in [-0.3, -0.25) is 9.88 Å². The van der Waals surface area contributed by atoms with Gasteiger partial charge in [-0.1, -0.05) is 24.3 Å². The molecule has 1 fully saturated rings. The van der Waals surface area contributed by atoms with Gasteiger partial charge in [-0.25, -0.2) is 9.78 Å². The number of amides is 2. The van der Waals surface area contributed by atoms with Gasteiger partial charge in [0.05, 0.1) is 6.20 Å². The number of hydrogen-bond donors (Lipinski definition) is 1. The number of hydrogen-bond acceptors (Lipinski definition) is 5. The van der Waals surface area contributed by atoms with Crippen LogP contribution >= 0.6 is 0 Å². The molecule has 1 saturated heterocycles. The molecule has 0 saturated carbocycles. The standard InChI is InChI=1S/C20H26N6O/c1-24-15-17-5-3-2-4-16(17)12-18(24)13-23-20(27)26-10-8-25(9-11-26)19-14-21-6-7-22-19/h2-7,14,18H,8-13,15H2,1H3,(H,23,27). The van der Waals surface area contributed by atoms with E-state index in [1.165, 1.54) is 11.1 Å². The summed E-state index contributed by atoms with van der Waals surface area (Å²) in [5.74, 6) is 0.875. The maximum Gasteiger partial charge on any atom is 0.317 e. The Morgan fingerprint density at radius 3 is 2.67 bits per heavy atom. The molecule has 27 heavy (non-hydrogen) atoms. The average Bonchev–Trinajstić information content (AvgIpc) is 2.73. The van der Waals surface area contributed by atoms with Gasteiger partial charge in [0.15, 0.2) is 0 Å². The van der Waals surface area contributed by atoms with Crippen molar-refractivity contribution < 1.29 is 4.79 Å². The van der Waals surface area contributed by atoms with E-state index in [2.05, 4.69) is 56.4 Å². The lowest BCUT2D eigenvalue weighted by atomic mass is 9.94. The number of likely N-dealkylation sites (N-methyl/N-ethyl adjacent to an activating group) is 1. The van der Waals surface area contributed by atoms with E-state index in [9.17, 15) is 4.79 Å². The normalized spacial score (nSPS) is 20.3. The Labute approximate surface area is 160 Å². The predicted molar refractivity (Wildman–Crippen MR) is 105 cm³/mol. The van der Waals surface area contributed by atoms with Crippen LogP contribution < -0.4 is 10.2 Å². The van der Waals surface area contributed by atoms with E-state index >= 15 is 0 Å². The molecule has 2 aromatic rings. The van der Waals surface area contributed by atoms with Crippen molar-refractivity contribution in [2.75, 3.05) is 44.7 Å². The first-order valence-electron chi connectivity index (χ1n) is 9.51. The third-order valence-corrected chi connectivity index (χ3v) is 5.55. The van der Waals surface area contributed by atoms with Gasteiger partial charge >= 0.3 is 6.03 Å². The number of aromatic nitrogens is 2. The minimum Gasteiger partial charge on any atom is -0.352 e. The minimum absolute atomic E-state index is 0.0288. The molecule has 1 N–H and O–H groups in total. The highest BCUT2D eigenvalue weighted by atomic mass is 16.2. The molecule has 0 radical (unpaired) electrons. The second kappa shape index (κ2) is 7.92. The summed E-state index contributed by atoms with van der Waals surface area (Å²) in [5.41, 5.74) is 2.79. The van der Waals surface area contributed by atoms with Gasteiger partial charge in [0, 0.05) is 57.7 Å². The van der Waals surface area contributed by atoms with Crippen LogP contribution in [0.5, 0.6) is 0 Å². The minimum atomic E-state index is 0.0288. The molecule has 142 valence electrons. The van der Waals surface area contributed by atoms with Crippen LogP contribution in [0, 0.1) is 0 Å². The van der Waals surface area contributed by atoms with Crippen LogP contribution in [0.2, 0.25) is 0 Å². The second-order valence-electron chi connectivity index (χ2n) is 7.27. The quantitative estimate of drug-likeness (QED) is 0.889. The molecule has 2 aliphatic rings. The van der Waals surface area contributed by atoms with E-state index in [-0.39, 0.29) is 6.03 Å². The number of urea groups is 1. The summed E-state index contributed by atoms with van der Waals surface area (Å²) in [7, 11) is 2.13. The molecular weight excluding hydrogens is 340 g/mol.